The molecule has 2 N–H and O–H groups in total. The number of rotatable bonds is 12. The standard InChI is InChI=1S/C20H27BrN4O4/c1-3-15-18(13-21)25-17-12-14(4-5-16(17)24-15)20(27)23-7-9-29-11-10-28-8-6-19(26)22-2/h4-5,12H,3,6-11,13H2,1-2H3,(H,22,26)(H,23,27). The highest BCUT2D eigenvalue weighted by atomic mass is 79.9. The van der Waals surface area contributed by atoms with Crippen molar-refractivity contribution >= 4 is 38.8 Å². The molecule has 1 aromatic heterocycles. The van der Waals surface area contributed by atoms with Crippen LogP contribution in [0.15, 0.2) is 18.2 Å². The van der Waals surface area contributed by atoms with Crippen LogP contribution in [0.5, 0.6) is 0 Å². The zero-order valence-corrected chi connectivity index (χ0v) is 18.4. The van der Waals surface area contributed by atoms with Gasteiger partial charge in [0.25, 0.3) is 5.91 Å². The molecule has 0 bridgehead atoms. The van der Waals surface area contributed by atoms with E-state index in [1.165, 1.54) is 0 Å². The first-order chi connectivity index (χ1) is 14.1. The van der Waals surface area contributed by atoms with Gasteiger partial charge in [0.05, 0.1) is 48.8 Å². The number of hydrogen-bond acceptors (Lipinski definition) is 6. The number of nitrogens with one attached hydrogen (secondary N) is 2. The molecule has 1 heterocycles. The van der Waals surface area contributed by atoms with Crippen LogP contribution in [0.4, 0.5) is 0 Å². The first-order valence-electron chi connectivity index (χ1n) is 9.58. The number of benzene rings is 1. The number of hydrogen-bond donors (Lipinski definition) is 2. The number of aryl methyl sites for hydroxylation is 1. The lowest BCUT2D eigenvalue weighted by Crippen LogP contribution is -2.27. The lowest BCUT2D eigenvalue weighted by molar-refractivity contribution is -0.121. The highest BCUT2D eigenvalue weighted by molar-refractivity contribution is 9.08. The second-order valence-corrected chi connectivity index (χ2v) is 6.77. The van der Waals surface area contributed by atoms with Gasteiger partial charge in [-0.25, -0.2) is 9.97 Å². The topological polar surface area (TPSA) is 102 Å². The Morgan fingerprint density at radius 2 is 1.76 bits per heavy atom. The van der Waals surface area contributed by atoms with Crippen molar-refractivity contribution in [1.29, 1.82) is 0 Å². The van der Waals surface area contributed by atoms with Crippen LogP contribution in [0.2, 0.25) is 0 Å². The summed E-state index contributed by atoms with van der Waals surface area (Å²) in [7, 11) is 1.59. The third kappa shape index (κ3) is 7.34. The van der Waals surface area contributed by atoms with Gasteiger partial charge in [-0.05, 0) is 24.6 Å². The summed E-state index contributed by atoms with van der Waals surface area (Å²) in [4.78, 5) is 32.6. The summed E-state index contributed by atoms with van der Waals surface area (Å²) < 4.78 is 10.7. The van der Waals surface area contributed by atoms with Crippen LogP contribution >= 0.6 is 15.9 Å². The Labute approximate surface area is 178 Å². The van der Waals surface area contributed by atoms with Crippen LogP contribution < -0.4 is 10.6 Å². The number of carbonyl (C=O) groups is 2. The minimum Gasteiger partial charge on any atom is -0.379 e. The Bertz CT molecular complexity index is 831. The van der Waals surface area contributed by atoms with Crippen molar-refractivity contribution in [2.24, 2.45) is 0 Å². The summed E-state index contributed by atoms with van der Waals surface area (Å²) in [6.07, 6.45) is 1.14. The highest BCUT2D eigenvalue weighted by Gasteiger charge is 2.10. The number of nitrogens with zero attached hydrogens (tertiary/aromatic N) is 2. The average Bonchev–Trinajstić information content (AvgIpc) is 2.75. The molecule has 0 saturated heterocycles. The van der Waals surface area contributed by atoms with E-state index in [1.54, 1.807) is 19.2 Å². The molecule has 0 aliphatic heterocycles. The molecule has 1 aromatic carbocycles. The second-order valence-electron chi connectivity index (χ2n) is 6.21. The molecule has 0 spiro atoms. The molecule has 158 valence electrons. The Hall–Kier alpha value is -2.10. The number of alkyl halides is 1. The number of fused-ring (bicyclic) bond motifs is 1. The van der Waals surface area contributed by atoms with Crippen molar-refractivity contribution in [3.8, 4) is 0 Å². The molecule has 2 amide bonds. The fourth-order valence-electron chi connectivity index (χ4n) is 2.61. The molecule has 0 radical (unpaired) electrons. The van der Waals surface area contributed by atoms with Gasteiger partial charge >= 0.3 is 0 Å². The molecule has 0 atom stereocenters. The van der Waals surface area contributed by atoms with Crippen LogP contribution in [0.3, 0.4) is 0 Å². The minimum atomic E-state index is -0.181. The summed E-state index contributed by atoms with van der Waals surface area (Å²) in [6.45, 7) is 3.99. The van der Waals surface area contributed by atoms with Crippen molar-refractivity contribution in [2.45, 2.75) is 25.1 Å². The van der Waals surface area contributed by atoms with Crippen molar-refractivity contribution in [1.82, 2.24) is 20.6 Å². The van der Waals surface area contributed by atoms with E-state index in [9.17, 15) is 9.59 Å². The Morgan fingerprint density at radius 3 is 2.45 bits per heavy atom. The van der Waals surface area contributed by atoms with E-state index < -0.39 is 0 Å². The van der Waals surface area contributed by atoms with Crippen molar-refractivity contribution < 1.29 is 19.1 Å². The number of ether oxygens (including phenoxy) is 2. The van der Waals surface area contributed by atoms with Gasteiger partial charge in [-0.3, -0.25) is 9.59 Å². The van der Waals surface area contributed by atoms with Gasteiger partial charge in [0.2, 0.25) is 5.91 Å². The Balaban J connectivity index is 1.73. The van der Waals surface area contributed by atoms with Crippen LogP contribution in [0.25, 0.3) is 11.0 Å². The predicted molar refractivity (Wildman–Crippen MR) is 114 cm³/mol. The van der Waals surface area contributed by atoms with Crippen molar-refractivity contribution in [3.05, 3.63) is 35.2 Å². The van der Waals surface area contributed by atoms with E-state index in [0.29, 0.717) is 55.8 Å². The van der Waals surface area contributed by atoms with Crippen LogP contribution in [0.1, 0.15) is 35.1 Å². The largest absolute Gasteiger partial charge is 0.379 e. The van der Waals surface area contributed by atoms with Crippen LogP contribution in [-0.2, 0) is 26.0 Å². The van der Waals surface area contributed by atoms with Crippen molar-refractivity contribution in [2.75, 3.05) is 40.0 Å². The summed E-state index contributed by atoms with van der Waals surface area (Å²) in [6, 6.07) is 5.33. The zero-order chi connectivity index (χ0) is 21.1. The quantitative estimate of drug-likeness (QED) is 0.366. The maximum atomic E-state index is 12.3. The van der Waals surface area contributed by atoms with Gasteiger partial charge < -0.3 is 20.1 Å². The molecule has 0 fully saturated rings. The van der Waals surface area contributed by atoms with Crippen molar-refractivity contribution in [3.63, 3.8) is 0 Å². The first kappa shape index (κ1) is 23.2. The minimum absolute atomic E-state index is 0.0532. The van der Waals surface area contributed by atoms with Crippen LogP contribution in [-0.4, -0.2) is 61.8 Å². The fourth-order valence-corrected chi connectivity index (χ4v) is 3.06. The third-order valence-electron chi connectivity index (χ3n) is 4.20. The number of halogens is 1. The second kappa shape index (κ2) is 12.5. The van der Waals surface area contributed by atoms with Gasteiger partial charge in [0, 0.05) is 30.9 Å². The molecule has 0 aliphatic carbocycles. The average molecular weight is 467 g/mol. The van der Waals surface area contributed by atoms with E-state index >= 15 is 0 Å². The van der Waals surface area contributed by atoms with E-state index in [-0.39, 0.29) is 11.8 Å². The summed E-state index contributed by atoms with van der Waals surface area (Å²) in [5.74, 6) is -0.235. The highest BCUT2D eigenvalue weighted by Crippen LogP contribution is 2.17. The fraction of sp³-hybridized carbons (Fsp3) is 0.500. The maximum Gasteiger partial charge on any atom is 0.251 e. The molecule has 9 heteroatoms. The smallest absolute Gasteiger partial charge is 0.251 e. The SMILES string of the molecule is CCc1nc2ccc(C(=O)NCCOCCOCCC(=O)NC)cc2nc1CBr. The normalized spacial score (nSPS) is 10.9. The summed E-state index contributed by atoms with van der Waals surface area (Å²) >= 11 is 3.44. The molecule has 8 nitrogen and oxygen atoms in total. The van der Waals surface area contributed by atoms with E-state index in [0.717, 1.165) is 23.3 Å². The van der Waals surface area contributed by atoms with Gasteiger partial charge in [0.1, 0.15) is 0 Å². The molecule has 0 saturated carbocycles. The van der Waals surface area contributed by atoms with E-state index in [2.05, 4.69) is 36.5 Å². The van der Waals surface area contributed by atoms with Gasteiger partial charge in [0.15, 0.2) is 0 Å². The summed E-state index contributed by atoms with van der Waals surface area (Å²) in [5.41, 5.74) is 3.87. The molecule has 0 aliphatic rings. The lowest BCUT2D eigenvalue weighted by atomic mass is 10.1. The molecule has 2 aromatic rings. The van der Waals surface area contributed by atoms with Gasteiger partial charge in [-0.1, -0.05) is 22.9 Å². The molecule has 2 rings (SSSR count). The zero-order valence-electron chi connectivity index (χ0n) is 16.8. The number of amides is 2. The number of carbonyl (C=O) groups excluding carboxylic acids is 2. The monoisotopic (exact) mass is 466 g/mol. The summed E-state index contributed by atoms with van der Waals surface area (Å²) in [5, 5.41) is 5.98. The Morgan fingerprint density at radius 1 is 1.03 bits per heavy atom. The lowest BCUT2D eigenvalue weighted by Gasteiger charge is -2.09. The molecular formula is C20H27BrN4O4. The van der Waals surface area contributed by atoms with Crippen LogP contribution in [0, 0.1) is 0 Å². The third-order valence-corrected chi connectivity index (χ3v) is 4.73. The van der Waals surface area contributed by atoms with E-state index in [1.807, 2.05) is 13.0 Å². The predicted octanol–water partition coefficient (Wildman–Crippen LogP) is 1.99. The molecular weight excluding hydrogens is 440 g/mol. The Kier molecular flexibility index (Phi) is 9.96. The van der Waals surface area contributed by atoms with Gasteiger partial charge in [-0.15, -0.1) is 0 Å². The van der Waals surface area contributed by atoms with E-state index in [4.69, 9.17) is 9.47 Å². The first-order valence-corrected chi connectivity index (χ1v) is 10.7. The number of aromatic nitrogens is 2. The molecule has 29 heavy (non-hydrogen) atoms. The van der Waals surface area contributed by atoms with Gasteiger partial charge in [-0.2, -0.15) is 0 Å². The molecule has 0 unspecified atom stereocenters. The maximum absolute atomic E-state index is 12.3.